The SMILES string of the molecule is COCCOc1ccccc1NC(=O)N[C@@H]1CCOC1. The van der Waals surface area contributed by atoms with Crippen LogP contribution in [0.1, 0.15) is 6.42 Å². The van der Waals surface area contributed by atoms with Crippen LogP contribution in [0.3, 0.4) is 0 Å². The van der Waals surface area contributed by atoms with Gasteiger partial charge >= 0.3 is 6.03 Å². The molecule has 2 rings (SSSR count). The van der Waals surface area contributed by atoms with Crippen molar-refractivity contribution in [1.82, 2.24) is 5.32 Å². The first kappa shape index (κ1) is 14.6. The second kappa shape index (κ2) is 7.72. The Labute approximate surface area is 118 Å². The van der Waals surface area contributed by atoms with Crippen molar-refractivity contribution in [2.75, 3.05) is 38.9 Å². The van der Waals surface area contributed by atoms with Crippen LogP contribution in [-0.4, -0.2) is 45.6 Å². The third-order valence-electron chi connectivity index (χ3n) is 2.95. The summed E-state index contributed by atoms with van der Waals surface area (Å²) in [5, 5.41) is 5.66. The van der Waals surface area contributed by atoms with Crippen LogP contribution in [0.25, 0.3) is 0 Å². The number of rotatable bonds is 6. The van der Waals surface area contributed by atoms with Crippen molar-refractivity contribution in [3.63, 3.8) is 0 Å². The van der Waals surface area contributed by atoms with Gasteiger partial charge in [-0.3, -0.25) is 0 Å². The molecule has 1 fully saturated rings. The van der Waals surface area contributed by atoms with Gasteiger partial charge in [-0.05, 0) is 18.6 Å². The Balaban J connectivity index is 1.88. The average molecular weight is 280 g/mol. The van der Waals surface area contributed by atoms with E-state index in [1.165, 1.54) is 0 Å². The Bertz CT molecular complexity index is 433. The van der Waals surface area contributed by atoms with Crippen LogP contribution in [-0.2, 0) is 9.47 Å². The van der Waals surface area contributed by atoms with Crippen LogP contribution in [0.15, 0.2) is 24.3 Å². The number of benzene rings is 1. The van der Waals surface area contributed by atoms with Gasteiger partial charge in [-0.25, -0.2) is 4.79 Å². The van der Waals surface area contributed by atoms with E-state index in [9.17, 15) is 4.79 Å². The highest BCUT2D eigenvalue weighted by Crippen LogP contribution is 2.23. The maximum Gasteiger partial charge on any atom is 0.319 e. The number of carbonyl (C=O) groups excluding carboxylic acids is 1. The molecule has 1 aliphatic rings. The van der Waals surface area contributed by atoms with E-state index in [1.54, 1.807) is 13.2 Å². The second-order valence-corrected chi connectivity index (χ2v) is 4.50. The largest absolute Gasteiger partial charge is 0.489 e. The van der Waals surface area contributed by atoms with Crippen LogP contribution in [0.4, 0.5) is 10.5 Å². The molecule has 0 bridgehead atoms. The highest BCUT2D eigenvalue weighted by atomic mass is 16.5. The van der Waals surface area contributed by atoms with Crippen molar-refractivity contribution >= 4 is 11.7 Å². The molecule has 1 aromatic carbocycles. The number of amides is 2. The van der Waals surface area contributed by atoms with E-state index in [4.69, 9.17) is 14.2 Å². The van der Waals surface area contributed by atoms with Crippen LogP contribution < -0.4 is 15.4 Å². The van der Waals surface area contributed by atoms with Gasteiger partial charge in [-0.15, -0.1) is 0 Å². The predicted octanol–water partition coefficient (Wildman–Crippen LogP) is 1.62. The summed E-state index contributed by atoms with van der Waals surface area (Å²) in [6, 6.07) is 7.14. The fraction of sp³-hybridized carbons (Fsp3) is 0.500. The van der Waals surface area contributed by atoms with Crippen LogP contribution in [0.2, 0.25) is 0 Å². The summed E-state index contributed by atoms with van der Waals surface area (Å²) in [6.07, 6.45) is 0.847. The molecule has 0 unspecified atom stereocenters. The first-order chi connectivity index (χ1) is 9.79. The zero-order valence-electron chi connectivity index (χ0n) is 11.6. The first-order valence-corrected chi connectivity index (χ1v) is 6.65. The minimum atomic E-state index is -0.247. The van der Waals surface area contributed by atoms with Crippen LogP contribution >= 0.6 is 0 Å². The zero-order chi connectivity index (χ0) is 14.2. The minimum absolute atomic E-state index is 0.0802. The normalized spacial score (nSPS) is 17.8. The summed E-state index contributed by atoms with van der Waals surface area (Å²) >= 11 is 0. The lowest BCUT2D eigenvalue weighted by molar-refractivity contribution is 0.146. The monoisotopic (exact) mass is 280 g/mol. The second-order valence-electron chi connectivity index (χ2n) is 4.50. The van der Waals surface area contributed by atoms with E-state index in [-0.39, 0.29) is 12.1 Å². The van der Waals surface area contributed by atoms with E-state index in [0.29, 0.717) is 37.9 Å². The van der Waals surface area contributed by atoms with Crippen molar-refractivity contribution in [3.8, 4) is 5.75 Å². The summed E-state index contributed by atoms with van der Waals surface area (Å²) in [6.45, 7) is 2.20. The molecule has 0 saturated carbocycles. The fourth-order valence-electron chi connectivity index (χ4n) is 1.92. The topological polar surface area (TPSA) is 68.8 Å². The van der Waals surface area contributed by atoms with Crippen molar-refractivity contribution in [3.05, 3.63) is 24.3 Å². The Morgan fingerprint density at radius 2 is 2.25 bits per heavy atom. The van der Waals surface area contributed by atoms with Crippen molar-refractivity contribution in [2.45, 2.75) is 12.5 Å². The van der Waals surface area contributed by atoms with Crippen LogP contribution in [0, 0.1) is 0 Å². The van der Waals surface area contributed by atoms with Gasteiger partial charge in [0.25, 0.3) is 0 Å². The number of nitrogens with one attached hydrogen (secondary N) is 2. The Hall–Kier alpha value is -1.79. The van der Waals surface area contributed by atoms with E-state index in [0.717, 1.165) is 6.42 Å². The maximum absolute atomic E-state index is 11.9. The number of urea groups is 1. The quantitative estimate of drug-likeness (QED) is 0.777. The smallest absolute Gasteiger partial charge is 0.319 e. The average Bonchev–Trinajstić information content (AvgIpc) is 2.93. The molecule has 0 spiro atoms. The van der Waals surface area contributed by atoms with Gasteiger partial charge in [0.1, 0.15) is 12.4 Å². The van der Waals surface area contributed by atoms with E-state index < -0.39 is 0 Å². The molecule has 0 aromatic heterocycles. The molecule has 0 aliphatic carbocycles. The van der Waals surface area contributed by atoms with E-state index in [1.807, 2.05) is 18.2 Å². The Morgan fingerprint density at radius 3 is 3.00 bits per heavy atom. The molecule has 6 nitrogen and oxygen atoms in total. The number of methoxy groups -OCH3 is 1. The van der Waals surface area contributed by atoms with E-state index in [2.05, 4.69) is 10.6 Å². The molecule has 1 atom stereocenters. The number of ether oxygens (including phenoxy) is 3. The first-order valence-electron chi connectivity index (χ1n) is 6.65. The van der Waals surface area contributed by atoms with Crippen molar-refractivity contribution in [2.24, 2.45) is 0 Å². The zero-order valence-corrected chi connectivity index (χ0v) is 11.6. The molecular weight excluding hydrogens is 260 g/mol. The summed E-state index contributed by atoms with van der Waals surface area (Å²) in [5.74, 6) is 0.627. The number of hydrogen-bond acceptors (Lipinski definition) is 4. The number of hydrogen-bond donors (Lipinski definition) is 2. The Kier molecular flexibility index (Phi) is 5.64. The Morgan fingerprint density at radius 1 is 1.40 bits per heavy atom. The molecule has 1 aliphatic heterocycles. The van der Waals surface area contributed by atoms with Gasteiger partial charge in [-0.2, -0.15) is 0 Å². The molecule has 1 aromatic rings. The lowest BCUT2D eigenvalue weighted by Gasteiger charge is -2.14. The molecule has 0 radical (unpaired) electrons. The standard InChI is InChI=1S/C14H20N2O4/c1-18-8-9-20-13-5-3-2-4-12(13)16-14(17)15-11-6-7-19-10-11/h2-5,11H,6-10H2,1H3,(H2,15,16,17)/t11-/m1/s1. The van der Waals surface area contributed by atoms with Crippen LogP contribution in [0.5, 0.6) is 5.75 Å². The minimum Gasteiger partial charge on any atom is -0.489 e. The molecule has 2 N–H and O–H groups in total. The van der Waals surface area contributed by atoms with Crippen molar-refractivity contribution < 1.29 is 19.0 Å². The third-order valence-corrected chi connectivity index (χ3v) is 2.95. The van der Waals surface area contributed by atoms with Gasteiger partial charge in [0.05, 0.1) is 24.9 Å². The lowest BCUT2D eigenvalue weighted by atomic mass is 10.2. The molecule has 20 heavy (non-hydrogen) atoms. The van der Waals surface area contributed by atoms with E-state index >= 15 is 0 Å². The highest BCUT2D eigenvalue weighted by Gasteiger charge is 2.18. The molecule has 2 amide bonds. The van der Waals surface area contributed by atoms with Gasteiger partial charge < -0.3 is 24.8 Å². The molecule has 1 saturated heterocycles. The van der Waals surface area contributed by atoms with Gasteiger partial charge in [-0.1, -0.05) is 12.1 Å². The van der Waals surface area contributed by atoms with Gasteiger partial charge in [0.15, 0.2) is 0 Å². The highest BCUT2D eigenvalue weighted by molar-refractivity contribution is 5.91. The van der Waals surface area contributed by atoms with Gasteiger partial charge in [0.2, 0.25) is 0 Å². The molecule has 110 valence electrons. The number of para-hydroxylation sites is 2. The summed E-state index contributed by atoms with van der Waals surface area (Å²) in [4.78, 5) is 11.9. The third kappa shape index (κ3) is 4.40. The maximum atomic E-state index is 11.9. The summed E-state index contributed by atoms with van der Waals surface area (Å²) in [7, 11) is 1.62. The lowest BCUT2D eigenvalue weighted by Crippen LogP contribution is -2.38. The van der Waals surface area contributed by atoms with Gasteiger partial charge in [0, 0.05) is 13.7 Å². The van der Waals surface area contributed by atoms with Crippen molar-refractivity contribution in [1.29, 1.82) is 0 Å². The molecular formula is C14H20N2O4. The summed E-state index contributed by atoms with van der Waals surface area (Å²) < 4.78 is 15.7. The molecule has 1 heterocycles. The predicted molar refractivity (Wildman–Crippen MR) is 75.2 cm³/mol. The number of carbonyl (C=O) groups is 1. The summed E-state index contributed by atoms with van der Waals surface area (Å²) in [5.41, 5.74) is 0.639. The fourth-order valence-corrected chi connectivity index (χ4v) is 1.92. The number of anilines is 1. The molecule has 6 heteroatoms.